The maximum atomic E-state index is 12.1. The molecule has 1 amide bonds. The molecule has 0 saturated heterocycles. The Bertz CT molecular complexity index is 379. The van der Waals surface area contributed by atoms with Crippen molar-refractivity contribution >= 4 is 40.4 Å². The molecule has 1 aromatic rings. The van der Waals surface area contributed by atoms with E-state index in [9.17, 15) is 4.79 Å². The second-order valence-electron chi connectivity index (χ2n) is 3.55. The summed E-state index contributed by atoms with van der Waals surface area (Å²) < 4.78 is 0.875. The van der Waals surface area contributed by atoms with Crippen LogP contribution < -0.4 is 0 Å². The third kappa shape index (κ3) is 3.10. The first-order valence-electron chi connectivity index (χ1n) is 4.84. The van der Waals surface area contributed by atoms with Gasteiger partial charge in [0.15, 0.2) is 0 Å². The first-order valence-corrected chi connectivity index (χ1v) is 6.41. The Morgan fingerprint density at radius 1 is 1.56 bits per heavy atom. The van der Waals surface area contributed by atoms with E-state index in [1.54, 1.807) is 11.0 Å². The molecule has 1 heterocycles. The number of rotatable bonds is 4. The van der Waals surface area contributed by atoms with Gasteiger partial charge in [0.2, 0.25) is 0 Å². The fourth-order valence-electron chi connectivity index (χ4n) is 1.34. The third-order valence-corrected chi connectivity index (χ3v) is 3.60. The van der Waals surface area contributed by atoms with Crippen molar-refractivity contribution in [2.24, 2.45) is 0 Å². The zero-order valence-corrected chi connectivity index (χ0v) is 11.4. The summed E-state index contributed by atoms with van der Waals surface area (Å²) in [5, 5.41) is 8.91. The summed E-state index contributed by atoms with van der Waals surface area (Å²) in [6.07, 6.45) is 0. The van der Waals surface area contributed by atoms with E-state index in [1.807, 2.05) is 13.8 Å². The van der Waals surface area contributed by atoms with Gasteiger partial charge in [-0.15, -0.1) is 11.3 Å². The molecule has 0 bridgehead atoms. The summed E-state index contributed by atoms with van der Waals surface area (Å²) in [5.74, 6) is -0.197. The topological polar surface area (TPSA) is 40.5 Å². The lowest BCUT2D eigenvalue weighted by atomic mass is 10.2. The highest BCUT2D eigenvalue weighted by Crippen LogP contribution is 2.32. The van der Waals surface area contributed by atoms with Gasteiger partial charge in [-0.25, -0.2) is 0 Å². The Hall–Kier alpha value is -0.290. The summed E-state index contributed by atoms with van der Waals surface area (Å²) in [5.41, 5.74) is 0.402. The molecule has 1 rings (SSSR count). The van der Waals surface area contributed by atoms with Crippen molar-refractivity contribution in [2.45, 2.75) is 19.9 Å². The van der Waals surface area contributed by atoms with E-state index in [0.29, 0.717) is 20.8 Å². The molecule has 1 N–H and O–H groups in total. The number of halogens is 2. The minimum Gasteiger partial charge on any atom is -0.395 e. The van der Waals surface area contributed by atoms with E-state index < -0.39 is 0 Å². The lowest BCUT2D eigenvalue weighted by Crippen LogP contribution is -2.38. The van der Waals surface area contributed by atoms with Crippen LogP contribution in [0.2, 0.25) is 8.67 Å². The molecule has 0 aliphatic heterocycles. The number of carbonyl (C=O) groups is 1. The van der Waals surface area contributed by atoms with E-state index in [4.69, 9.17) is 28.3 Å². The monoisotopic (exact) mass is 281 g/mol. The maximum absolute atomic E-state index is 12.1. The first kappa shape index (κ1) is 13.8. The molecule has 16 heavy (non-hydrogen) atoms. The molecule has 90 valence electrons. The predicted molar refractivity (Wildman–Crippen MR) is 67.6 cm³/mol. The Morgan fingerprint density at radius 2 is 2.19 bits per heavy atom. The molecule has 0 saturated carbocycles. The Morgan fingerprint density at radius 3 is 2.56 bits per heavy atom. The summed E-state index contributed by atoms with van der Waals surface area (Å²) in [6.45, 7) is 3.99. The number of hydrogen-bond donors (Lipinski definition) is 1. The van der Waals surface area contributed by atoms with Gasteiger partial charge in [-0.3, -0.25) is 4.79 Å². The van der Waals surface area contributed by atoms with Crippen LogP contribution in [0.25, 0.3) is 0 Å². The molecule has 0 aliphatic carbocycles. The van der Waals surface area contributed by atoms with Crippen molar-refractivity contribution in [2.75, 3.05) is 13.2 Å². The lowest BCUT2D eigenvalue weighted by Gasteiger charge is -2.25. The highest BCUT2D eigenvalue weighted by atomic mass is 35.5. The van der Waals surface area contributed by atoms with E-state index in [-0.39, 0.29) is 18.6 Å². The van der Waals surface area contributed by atoms with Crippen LogP contribution in [0, 0.1) is 0 Å². The van der Waals surface area contributed by atoms with E-state index in [2.05, 4.69) is 0 Å². The van der Waals surface area contributed by atoms with Crippen molar-refractivity contribution in [1.29, 1.82) is 0 Å². The normalized spacial score (nSPS) is 10.9. The standard InChI is InChI=1S/C10H13Cl2NO2S/c1-6(2)13(3-4-14)10(15)7-5-8(11)16-9(7)12/h5-6,14H,3-4H2,1-2H3. The molecular formula is C10H13Cl2NO2S. The van der Waals surface area contributed by atoms with Crippen molar-refractivity contribution in [3.63, 3.8) is 0 Å². The van der Waals surface area contributed by atoms with E-state index in [1.165, 1.54) is 11.3 Å². The summed E-state index contributed by atoms with van der Waals surface area (Å²) in [4.78, 5) is 13.6. The SMILES string of the molecule is CC(C)N(CCO)C(=O)c1cc(Cl)sc1Cl. The molecule has 0 aliphatic rings. The second kappa shape index (κ2) is 5.87. The van der Waals surface area contributed by atoms with Gasteiger partial charge in [0.05, 0.1) is 16.5 Å². The van der Waals surface area contributed by atoms with Crippen molar-refractivity contribution in [3.05, 3.63) is 20.3 Å². The van der Waals surface area contributed by atoms with Gasteiger partial charge in [0, 0.05) is 12.6 Å². The Balaban J connectivity index is 2.94. The molecule has 1 aromatic heterocycles. The number of carbonyl (C=O) groups excluding carboxylic acids is 1. The van der Waals surface area contributed by atoms with Gasteiger partial charge in [0.1, 0.15) is 4.34 Å². The fourth-order valence-corrected chi connectivity index (χ4v) is 2.79. The third-order valence-electron chi connectivity index (χ3n) is 2.11. The van der Waals surface area contributed by atoms with Gasteiger partial charge >= 0.3 is 0 Å². The van der Waals surface area contributed by atoms with Gasteiger partial charge in [0.25, 0.3) is 5.91 Å². The van der Waals surface area contributed by atoms with Crippen molar-refractivity contribution in [1.82, 2.24) is 4.90 Å². The molecule has 0 spiro atoms. The van der Waals surface area contributed by atoms with Crippen LogP contribution in [-0.2, 0) is 0 Å². The average molecular weight is 282 g/mol. The molecule has 0 unspecified atom stereocenters. The number of nitrogens with zero attached hydrogens (tertiary/aromatic N) is 1. The van der Waals surface area contributed by atoms with Crippen LogP contribution in [0.15, 0.2) is 6.07 Å². The van der Waals surface area contributed by atoms with Crippen molar-refractivity contribution in [3.8, 4) is 0 Å². The maximum Gasteiger partial charge on any atom is 0.256 e. The Kier molecular flexibility index (Phi) is 5.05. The van der Waals surface area contributed by atoms with Gasteiger partial charge in [-0.1, -0.05) is 23.2 Å². The number of thiophene rings is 1. The first-order chi connectivity index (χ1) is 7.47. The molecule has 3 nitrogen and oxygen atoms in total. The zero-order chi connectivity index (χ0) is 12.3. The van der Waals surface area contributed by atoms with Crippen LogP contribution in [0.1, 0.15) is 24.2 Å². The quantitative estimate of drug-likeness (QED) is 0.922. The van der Waals surface area contributed by atoms with Crippen LogP contribution in [0.4, 0.5) is 0 Å². The van der Waals surface area contributed by atoms with Gasteiger partial charge < -0.3 is 10.0 Å². The zero-order valence-electron chi connectivity index (χ0n) is 9.04. The summed E-state index contributed by atoms with van der Waals surface area (Å²) in [6, 6.07) is 1.57. The average Bonchev–Trinajstić information content (AvgIpc) is 2.53. The number of aliphatic hydroxyl groups is 1. The van der Waals surface area contributed by atoms with Crippen LogP contribution >= 0.6 is 34.5 Å². The molecule has 0 fully saturated rings. The lowest BCUT2D eigenvalue weighted by molar-refractivity contribution is 0.0666. The van der Waals surface area contributed by atoms with E-state index in [0.717, 1.165) is 0 Å². The highest BCUT2D eigenvalue weighted by molar-refractivity contribution is 7.20. The molecule has 6 heteroatoms. The number of hydrogen-bond acceptors (Lipinski definition) is 3. The minimum absolute atomic E-state index is 0.00870. The van der Waals surface area contributed by atoms with E-state index >= 15 is 0 Å². The van der Waals surface area contributed by atoms with Crippen LogP contribution in [-0.4, -0.2) is 35.1 Å². The number of amides is 1. The minimum atomic E-state index is -0.197. The summed E-state index contributed by atoms with van der Waals surface area (Å²) in [7, 11) is 0. The predicted octanol–water partition coefficient (Wildman–Crippen LogP) is 2.90. The van der Waals surface area contributed by atoms with Crippen LogP contribution in [0.3, 0.4) is 0 Å². The molecule has 0 atom stereocenters. The fraction of sp³-hybridized carbons (Fsp3) is 0.500. The smallest absolute Gasteiger partial charge is 0.256 e. The van der Waals surface area contributed by atoms with Gasteiger partial charge in [-0.2, -0.15) is 0 Å². The molecule has 0 radical (unpaired) electrons. The Labute approximate surface area is 109 Å². The molecule has 0 aromatic carbocycles. The number of aliphatic hydroxyl groups excluding tert-OH is 1. The molecular weight excluding hydrogens is 269 g/mol. The second-order valence-corrected chi connectivity index (χ2v) is 5.84. The highest BCUT2D eigenvalue weighted by Gasteiger charge is 2.22. The van der Waals surface area contributed by atoms with Crippen molar-refractivity contribution < 1.29 is 9.90 Å². The van der Waals surface area contributed by atoms with Crippen LogP contribution in [0.5, 0.6) is 0 Å². The van der Waals surface area contributed by atoms with Gasteiger partial charge in [-0.05, 0) is 19.9 Å². The largest absolute Gasteiger partial charge is 0.395 e. The summed E-state index contributed by atoms with van der Waals surface area (Å²) >= 11 is 12.9.